The van der Waals surface area contributed by atoms with Crippen molar-refractivity contribution in [1.29, 1.82) is 0 Å². The maximum Gasteiger partial charge on any atom is 0.252 e. The van der Waals surface area contributed by atoms with Gasteiger partial charge in [-0.3, -0.25) is 4.79 Å². The molecular formula is C20H22BrNO3. The van der Waals surface area contributed by atoms with Crippen LogP contribution in [0.3, 0.4) is 0 Å². The van der Waals surface area contributed by atoms with E-state index in [2.05, 4.69) is 35.1 Å². The molecule has 5 heteroatoms. The van der Waals surface area contributed by atoms with E-state index in [1.54, 1.807) is 0 Å². The molecule has 1 aliphatic rings. The summed E-state index contributed by atoms with van der Waals surface area (Å²) >= 11 is 3.44. The lowest BCUT2D eigenvalue weighted by molar-refractivity contribution is 0.0924. The summed E-state index contributed by atoms with van der Waals surface area (Å²) in [5, 5.41) is 3.15. The molecule has 1 N–H and O–H groups in total. The Bertz CT molecular complexity index is 760. The Balaban J connectivity index is 1.85. The van der Waals surface area contributed by atoms with Crippen molar-refractivity contribution in [3.8, 4) is 11.5 Å². The minimum absolute atomic E-state index is 0.0988. The van der Waals surface area contributed by atoms with Gasteiger partial charge in [-0.15, -0.1) is 0 Å². The second kappa shape index (κ2) is 7.91. The third-order valence-corrected chi connectivity index (χ3v) is 4.89. The average molecular weight is 404 g/mol. The standard InChI is InChI=1S/C20H22BrNO3/c1-13(2)19(22-20(23)15-6-3-4-7-16(15)21)14-8-9-17-18(12-14)25-11-5-10-24-17/h3-4,6-9,12-13,19H,5,10-11H2,1-2H3,(H,22,23)/t19-/m1/s1. The molecule has 132 valence electrons. The highest BCUT2D eigenvalue weighted by Gasteiger charge is 2.22. The van der Waals surface area contributed by atoms with Crippen molar-refractivity contribution in [3.63, 3.8) is 0 Å². The maximum absolute atomic E-state index is 12.7. The molecule has 0 unspecified atom stereocenters. The normalized spacial score (nSPS) is 14.7. The van der Waals surface area contributed by atoms with Crippen LogP contribution in [-0.2, 0) is 0 Å². The van der Waals surface area contributed by atoms with E-state index in [0.717, 1.165) is 28.0 Å². The summed E-state index contributed by atoms with van der Waals surface area (Å²) in [5.41, 5.74) is 1.64. The van der Waals surface area contributed by atoms with Crippen LogP contribution in [0.25, 0.3) is 0 Å². The summed E-state index contributed by atoms with van der Waals surface area (Å²) in [6, 6.07) is 13.2. The topological polar surface area (TPSA) is 47.6 Å². The number of fused-ring (bicyclic) bond motifs is 1. The molecule has 0 radical (unpaired) electrons. The maximum atomic E-state index is 12.7. The molecule has 1 heterocycles. The molecule has 3 rings (SSSR count). The summed E-state index contributed by atoms with van der Waals surface area (Å²) in [6.45, 7) is 5.49. The van der Waals surface area contributed by atoms with Crippen LogP contribution in [0.2, 0.25) is 0 Å². The van der Waals surface area contributed by atoms with Crippen molar-refractivity contribution in [2.45, 2.75) is 26.3 Å². The van der Waals surface area contributed by atoms with Crippen LogP contribution in [0.4, 0.5) is 0 Å². The first kappa shape index (κ1) is 17.8. The van der Waals surface area contributed by atoms with Gasteiger partial charge in [0.05, 0.1) is 24.8 Å². The van der Waals surface area contributed by atoms with E-state index in [9.17, 15) is 4.79 Å². The Hall–Kier alpha value is -2.01. The van der Waals surface area contributed by atoms with Gasteiger partial charge in [-0.25, -0.2) is 0 Å². The fourth-order valence-corrected chi connectivity index (χ4v) is 3.34. The van der Waals surface area contributed by atoms with Gasteiger partial charge in [0.25, 0.3) is 5.91 Å². The van der Waals surface area contributed by atoms with E-state index in [1.165, 1.54) is 0 Å². The van der Waals surface area contributed by atoms with Gasteiger partial charge in [-0.2, -0.15) is 0 Å². The van der Waals surface area contributed by atoms with Crippen molar-refractivity contribution in [3.05, 3.63) is 58.1 Å². The van der Waals surface area contributed by atoms with Crippen LogP contribution < -0.4 is 14.8 Å². The summed E-state index contributed by atoms with van der Waals surface area (Å²) in [4.78, 5) is 12.7. The van der Waals surface area contributed by atoms with Gasteiger partial charge in [-0.05, 0) is 51.7 Å². The molecule has 0 saturated heterocycles. The van der Waals surface area contributed by atoms with Crippen LogP contribution in [-0.4, -0.2) is 19.1 Å². The Labute approximate surface area is 156 Å². The molecule has 2 aromatic carbocycles. The number of rotatable bonds is 4. The Morgan fingerprint density at radius 1 is 1.08 bits per heavy atom. The number of ether oxygens (including phenoxy) is 2. The molecule has 1 atom stereocenters. The molecule has 0 saturated carbocycles. The first-order valence-corrected chi connectivity index (χ1v) is 9.30. The van der Waals surface area contributed by atoms with Crippen molar-refractivity contribution in [2.24, 2.45) is 5.92 Å². The highest BCUT2D eigenvalue weighted by atomic mass is 79.9. The van der Waals surface area contributed by atoms with Gasteiger partial charge >= 0.3 is 0 Å². The smallest absolute Gasteiger partial charge is 0.252 e. The average Bonchev–Trinajstić information content (AvgIpc) is 2.84. The highest BCUT2D eigenvalue weighted by Crippen LogP contribution is 2.34. The Morgan fingerprint density at radius 3 is 2.52 bits per heavy atom. The monoisotopic (exact) mass is 403 g/mol. The van der Waals surface area contributed by atoms with E-state index in [1.807, 2.05) is 42.5 Å². The fourth-order valence-electron chi connectivity index (χ4n) is 2.87. The van der Waals surface area contributed by atoms with Gasteiger partial charge in [0.15, 0.2) is 11.5 Å². The predicted octanol–water partition coefficient (Wildman–Crippen LogP) is 4.74. The fraction of sp³-hybridized carbons (Fsp3) is 0.350. The van der Waals surface area contributed by atoms with Crippen LogP contribution in [0.15, 0.2) is 46.9 Å². The molecular weight excluding hydrogens is 382 g/mol. The van der Waals surface area contributed by atoms with Crippen molar-refractivity contribution in [2.75, 3.05) is 13.2 Å². The van der Waals surface area contributed by atoms with Crippen LogP contribution >= 0.6 is 15.9 Å². The zero-order valence-corrected chi connectivity index (χ0v) is 16.0. The minimum atomic E-state index is -0.114. The molecule has 25 heavy (non-hydrogen) atoms. The van der Waals surface area contributed by atoms with Gasteiger partial charge in [0, 0.05) is 10.9 Å². The van der Waals surface area contributed by atoms with E-state index < -0.39 is 0 Å². The van der Waals surface area contributed by atoms with Crippen molar-refractivity contribution < 1.29 is 14.3 Å². The number of amides is 1. The summed E-state index contributed by atoms with van der Waals surface area (Å²) in [7, 11) is 0. The van der Waals surface area contributed by atoms with E-state index >= 15 is 0 Å². The lowest BCUT2D eigenvalue weighted by atomic mass is 9.95. The molecule has 4 nitrogen and oxygen atoms in total. The van der Waals surface area contributed by atoms with Crippen LogP contribution in [0, 0.1) is 5.92 Å². The number of carbonyl (C=O) groups excluding carboxylic acids is 1. The molecule has 0 fully saturated rings. The second-order valence-electron chi connectivity index (χ2n) is 6.43. The van der Waals surface area contributed by atoms with Gasteiger partial charge in [0.1, 0.15) is 0 Å². The van der Waals surface area contributed by atoms with Crippen LogP contribution in [0.1, 0.15) is 42.2 Å². The molecule has 1 aliphatic heterocycles. The summed E-state index contributed by atoms with van der Waals surface area (Å²) < 4.78 is 12.3. The number of carbonyl (C=O) groups is 1. The molecule has 0 spiro atoms. The van der Waals surface area contributed by atoms with Crippen molar-refractivity contribution in [1.82, 2.24) is 5.32 Å². The summed E-state index contributed by atoms with van der Waals surface area (Å²) in [6.07, 6.45) is 0.871. The van der Waals surface area contributed by atoms with E-state index in [4.69, 9.17) is 9.47 Å². The second-order valence-corrected chi connectivity index (χ2v) is 7.29. The van der Waals surface area contributed by atoms with E-state index in [-0.39, 0.29) is 17.9 Å². The molecule has 0 aromatic heterocycles. The Morgan fingerprint density at radius 2 is 1.80 bits per heavy atom. The zero-order valence-electron chi connectivity index (χ0n) is 14.4. The lowest BCUT2D eigenvalue weighted by Crippen LogP contribution is -2.32. The highest BCUT2D eigenvalue weighted by molar-refractivity contribution is 9.10. The third-order valence-electron chi connectivity index (χ3n) is 4.20. The van der Waals surface area contributed by atoms with Gasteiger partial charge in [0.2, 0.25) is 0 Å². The number of halogens is 1. The first-order valence-electron chi connectivity index (χ1n) is 8.51. The van der Waals surface area contributed by atoms with Gasteiger partial charge < -0.3 is 14.8 Å². The largest absolute Gasteiger partial charge is 0.490 e. The molecule has 1 amide bonds. The van der Waals surface area contributed by atoms with Gasteiger partial charge in [-0.1, -0.05) is 32.0 Å². The number of hydrogen-bond donors (Lipinski definition) is 1. The van der Waals surface area contributed by atoms with Crippen LogP contribution in [0.5, 0.6) is 11.5 Å². The third kappa shape index (κ3) is 4.15. The minimum Gasteiger partial charge on any atom is -0.490 e. The number of nitrogens with one attached hydrogen (secondary N) is 1. The molecule has 0 bridgehead atoms. The lowest BCUT2D eigenvalue weighted by Gasteiger charge is -2.24. The number of hydrogen-bond acceptors (Lipinski definition) is 3. The molecule has 2 aromatic rings. The quantitative estimate of drug-likeness (QED) is 0.801. The zero-order chi connectivity index (χ0) is 17.8. The first-order chi connectivity index (χ1) is 12.1. The molecule has 0 aliphatic carbocycles. The van der Waals surface area contributed by atoms with Crippen molar-refractivity contribution >= 4 is 21.8 Å². The number of benzene rings is 2. The Kier molecular flexibility index (Phi) is 5.63. The predicted molar refractivity (Wildman–Crippen MR) is 101 cm³/mol. The SMILES string of the molecule is CC(C)[C@@H](NC(=O)c1ccccc1Br)c1ccc2c(c1)OCCCO2. The van der Waals surface area contributed by atoms with E-state index in [0.29, 0.717) is 18.8 Å². The summed E-state index contributed by atoms with van der Waals surface area (Å²) in [5.74, 6) is 1.64.